The summed E-state index contributed by atoms with van der Waals surface area (Å²) in [4.78, 5) is 18.9. The summed E-state index contributed by atoms with van der Waals surface area (Å²) in [6.45, 7) is 12.2. The molecular weight excluding hydrogens is 247 g/mol. The van der Waals surface area contributed by atoms with E-state index in [1.54, 1.807) is 6.07 Å². The molecule has 0 radical (unpaired) electrons. The van der Waals surface area contributed by atoms with Crippen molar-refractivity contribution in [2.75, 3.05) is 0 Å². The Hall–Kier alpha value is -0.630. The van der Waals surface area contributed by atoms with E-state index in [-0.39, 0.29) is 16.1 Å². The van der Waals surface area contributed by atoms with Gasteiger partial charge in [0, 0.05) is 0 Å². The van der Waals surface area contributed by atoms with Gasteiger partial charge in [0.05, 0.1) is 5.30 Å². The summed E-state index contributed by atoms with van der Waals surface area (Å²) in [5.41, 5.74) is 1.48. The topological polar surface area (TPSA) is 57.5 Å². The quantitative estimate of drug-likeness (QED) is 0.771. The van der Waals surface area contributed by atoms with Gasteiger partial charge in [0.25, 0.3) is 0 Å². The summed E-state index contributed by atoms with van der Waals surface area (Å²) >= 11 is 0. The molecule has 0 spiro atoms. The first-order valence-corrected chi connectivity index (χ1v) is 7.66. The lowest BCUT2D eigenvalue weighted by atomic mass is 9.81. The third-order valence-electron chi connectivity index (χ3n) is 2.98. The normalized spacial score (nSPS) is 13.8. The first kappa shape index (κ1) is 15.4. The van der Waals surface area contributed by atoms with Crippen LogP contribution in [-0.2, 0) is 15.4 Å². The Morgan fingerprint density at radius 2 is 1.44 bits per heavy atom. The highest BCUT2D eigenvalue weighted by molar-refractivity contribution is 7.60. The van der Waals surface area contributed by atoms with E-state index >= 15 is 0 Å². The van der Waals surface area contributed by atoms with E-state index in [0.29, 0.717) is 0 Å². The minimum Gasteiger partial charge on any atom is -0.321 e. The summed E-state index contributed by atoms with van der Waals surface area (Å²) in [6.07, 6.45) is 0. The van der Waals surface area contributed by atoms with Crippen LogP contribution in [0.1, 0.15) is 52.7 Å². The fourth-order valence-corrected chi connectivity index (χ4v) is 2.84. The van der Waals surface area contributed by atoms with Gasteiger partial charge in [-0.15, -0.1) is 0 Å². The van der Waals surface area contributed by atoms with Crippen LogP contribution in [0.3, 0.4) is 0 Å². The molecule has 0 heterocycles. The molecule has 0 saturated carbocycles. The molecule has 0 bridgehead atoms. The lowest BCUT2D eigenvalue weighted by Gasteiger charge is -2.27. The van der Waals surface area contributed by atoms with Crippen LogP contribution in [0.15, 0.2) is 18.2 Å². The molecule has 102 valence electrons. The Balaban J connectivity index is 3.55. The van der Waals surface area contributed by atoms with Crippen LogP contribution in [0.2, 0.25) is 0 Å². The molecule has 1 aromatic carbocycles. The summed E-state index contributed by atoms with van der Waals surface area (Å²) in [5.74, 6) is 0. The first-order chi connectivity index (χ1) is 7.83. The van der Waals surface area contributed by atoms with Crippen LogP contribution in [0.5, 0.6) is 0 Å². The van der Waals surface area contributed by atoms with Crippen molar-refractivity contribution in [1.82, 2.24) is 0 Å². The van der Waals surface area contributed by atoms with Crippen LogP contribution < -0.4 is 5.30 Å². The molecule has 0 unspecified atom stereocenters. The molecule has 1 rings (SSSR count). The van der Waals surface area contributed by atoms with Crippen molar-refractivity contribution in [2.45, 2.75) is 52.4 Å². The largest absolute Gasteiger partial charge is 0.356 e. The maximum atomic E-state index is 11.6. The lowest BCUT2D eigenvalue weighted by molar-refractivity contribution is 0.386. The molecule has 0 aromatic heterocycles. The monoisotopic (exact) mass is 270 g/mol. The van der Waals surface area contributed by atoms with Crippen molar-refractivity contribution in [3.8, 4) is 0 Å². The number of benzene rings is 1. The van der Waals surface area contributed by atoms with E-state index in [9.17, 15) is 14.4 Å². The summed E-state index contributed by atoms with van der Waals surface area (Å²) in [6, 6.07) is 5.31. The van der Waals surface area contributed by atoms with Gasteiger partial charge in [0.2, 0.25) is 0 Å². The van der Waals surface area contributed by atoms with Crippen molar-refractivity contribution >= 4 is 12.9 Å². The maximum Gasteiger partial charge on any atom is 0.356 e. The molecule has 0 aliphatic rings. The van der Waals surface area contributed by atoms with Crippen molar-refractivity contribution in [3.05, 3.63) is 29.3 Å². The summed E-state index contributed by atoms with van der Waals surface area (Å²) in [5, 5.41) is 0.142. The minimum atomic E-state index is -4.22. The molecule has 0 fully saturated rings. The average molecular weight is 270 g/mol. The van der Waals surface area contributed by atoms with Gasteiger partial charge in [-0.3, -0.25) is 4.57 Å². The van der Waals surface area contributed by atoms with E-state index in [1.807, 2.05) is 32.9 Å². The smallest absolute Gasteiger partial charge is 0.321 e. The Labute approximate surface area is 109 Å². The van der Waals surface area contributed by atoms with E-state index < -0.39 is 7.60 Å². The van der Waals surface area contributed by atoms with Crippen molar-refractivity contribution in [2.24, 2.45) is 0 Å². The van der Waals surface area contributed by atoms with E-state index in [2.05, 4.69) is 20.8 Å². The second-order valence-corrected chi connectivity index (χ2v) is 8.35. The van der Waals surface area contributed by atoms with E-state index in [4.69, 9.17) is 0 Å². The Morgan fingerprint density at radius 3 is 1.78 bits per heavy atom. The number of hydrogen-bond acceptors (Lipinski definition) is 1. The molecule has 3 nitrogen and oxygen atoms in total. The standard InChI is InChI=1S/C14H23O3P/c1-13(2,3)10-7-8-12(18(15,16)17)11(9-10)14(4,5)6/h7-9H,1-6H3,(H2,15,16,17). The predicted octanol–water partition coefficient (Wildman–Crippen LogP) is 3.08. The van der Waals surface area contributed by atoms with Crippen molar-refractivity contribution < 1.29 is 14.4 Å². The maximum absolute atomic E-state index is 11.6. The third kappa shape index (κ3) is 3.44. The fourth-order valence-electron chi connectivity index (χ4n) is 1.86. The van der Waals surface area contributed by atoms with Crippen molar-refractivity contribution in [1.29, 1.82) is 0 Å². The van der Waals surface area contributed by atoms with Gasteiger partial charge in [0.15, 0.2) is 0 Å². The lowest BCUT2D eigenvalue weighted by Crippen LogP contribution is -2.25. The second-order valence-electron chi connectivity index (χ2n) is 6.78. The number of rotatable bonds is 1. The number of hydrogen-bond donors (Lipinski definition) is 2. The molecular formula is C14H23O3P. The average Bonchev–Trinajstić information content (AvgIpc) is 2.12. The van der Waals surface area contributed by atoms with E-state index in [0.717, 1.165) is 11.1 Å². The molecule has 4 heteroatoms. The Bertz CT molecular complexity index is 487. The van der Waals surface area contributed by atoms with Gasteiger partial charge in [0.1, 0.15) is 0 Å². The SMILES string of the molecule is CC(C)(C)c1ccc(P(=O)(O)O)c(C(C)(C)C)c1. The zero-order valence-electron chi connectivity index (χ0n) is 12.0. The van der Waals surface area contributed by atoms with E-state index in [1.165, 1.54) is 0 Å². The molecule has 0 saturated heterocycles. The van der Waals surface area contributed by atoms with Gasteiger partial charge < -0.3 is 9.79 Å². The molecule has 0 atom stereocenters. The van der Waals surface area contributed by atoms with Gasteiger partial charge in [-0.05, 0) is 28.0 Å². The molecule has 18 heavy (non-hydrogen) atoms. The molecule has 0 aliphatic heterocycles. The minimum absolute atomic E-state index is 0.0343. The van der Waals surface area contributed by atoms with Crippen LogP contribution in [0, 0.1) is 0 Å². The summed E-state index contributed by atoms with van der Waals surface area (Å²) in [7, 11) is -4.22. The molecule has 0 amide bonds. The van der Waals surface area contributed by atoms with Gasteiger partial charge in [-0.1, -0.05) is 53.7 Å². The zero-order valence-corrected chi connectivity index (χ0v) is 12.9. The molecule has 2 N–H and O–H groups in total. The van der Waals surface area contributed by atoms with Crippen LogP contribution in [0.4, 0.5) is 0 Å². The Kier molecular flexibility index (Phi) is 3.84. The summed E-state index contributed by atoms with van der Waals surface area (Å²) < 4.78 is 11.6. The zero-order chi connectivity index (χ0) is 14.4. The molecule has 0 aliphatic carbocycles. The van der Waals surface area contributed by atoms with Crippen LogP contribution in [-0.4, -0.2) is 9.79 Å². The highest BCUT2D eigenvalue weighted by Crippen LogP contribution is 2.39. The van der Waals surface area contributed by atoms with Crippen LogP contribution in [0.25, 0.3) is 0 Å². The Morgan fingerprint density at radius 1 is 0.944 bits per heavy atom. The predicted molar refractivity (Wildman–Crippen MR) is 75.5 cm³/mol. The fraction of sp³-hybridized carbons (Fsp3) is 0.571. The van der Waals surface area contributed by atoms with Gasteiger partial charge >= 0.3 is 7.60 Å². The first-order valence-electron chi connectivity index (χ1n) is 6.04. The van der Waals surface area contributed by atoms with Gasteiger partial charge in [-0.25, -0.2) is 0 Å². The highest BCUT2D eigenvalue weighted by Gasteiger charge is 2.29. The second kappa shape index (κ2) is 4.48. The molecule has 1 aromatic rings. The van der Waals surface area contributed by atoms with Crippen molar-refractivity contribution in [3.63, 3.8) is 0 Å². The highest BCUT2D eigenvalue weighted by atomic mass is 31.2. The third-order valence-corrected chi connectivity index (χ3v) is 4.00. The van der Waals surface area contributed by atoms with Crippen LogP contribution >= 0.6 is 7.60 Å². The van der Waals surface area contributed by atoms with Gasteiger partial charge in [-0.2, -0.15) is 0 Å².